The van der Waals surface area contributed by atoms with Gasteiger partial charge < -0.3 is 4.55 Å². The molecule has 1 unspecified atom stereocenters. The van der Waals surface area contributed by atoms with Crippen molar-refractivity contribution in [1.82, 2.24) is 0 Å². The van der Waals surface area contributed by atoms with Crippen molar-refractivity contribution in [3.05, 3.63) is 39.7 Å². The Morgan fingerprint density at radius 3 is 2.63 bits per heavy atom. The zero-order chi connectivity index (χ0) is 14.6. The normalized spacial score (nSPS) is 13.7. The molecule has 5 nitrogen and oxygen atoms in total. The first-order valence-corrected chi connectivity index (χ1v) is 6.70. The van der Waals surface area contributed by atoms with Crippen molar-refractivity contribution in [3.63, 3.8) is 0 Å². The number of non-ortho nitro benzene ring substituents is 1. The third-order valence-corrected chi connectivity index (χ3v) is 3.63. The largest absolute Gasteiger partial charge is 0.591 e. The first-order valence-electron chi connectivity index (χ1n) is 5.59. The van der Waals surface area contributed by atoms with E-state index in [1.807, 2.05) is 0 Å². The van der Waals surface area contributed by atoms with Crippen LogP contribution in [0.1, 0.15) is 26.3 Å². The standard InChI is InChI=1S/C12H15FN2O3S/c1-12(2,3)19(18)14-7-6-9-8-10(15(16)17)4-5-11(9)13/h4-5,7-8H,6H2,1-3H3/b14-7+. The summed E-state index contributed by atoms with van der Waals surface area (Å²) < 4.78 is 28.4. The molecule has 0 saturated heterocycles. The summed E-state index contributed by atoms with van der Waals surface area (Å²) in [4.78, 5) is 9.99. The van der Waals surface area contributed by atoms with Crippen LogP contribution >= 0.6 is 0 Å². The molecule has 0 aliphatic heterocycles. The minimum Gasteiger partial charge on any atom is -0.591 e. The van der Waals surface area contributed by atoms with E-state index in [0.717, 1.165) is 18.2 Å². The molecule has 0 heterocycles. The van der Waals surface area contributed by atoms with E-state index in [4.69, 9.17) is 0 Å². The molecule has 0 N–H and O–H groups in total. The molecule has 19 heavy (non-hydrogen) atoms. The number of nitrogens with zero attached hydrogens (tertiary/aromatic N) is 2. The van der Waals surface area contributed by atoms with Crippen LogP contribution in [-0.4, -0.2) is 20.4 Å². The summed E-state index contributed by atoms with van der Waals surface area (Å²) in [5.74, 6) is -0.543. The van der Waals surface area contributed by atoms with Gasteiger partial charge in [0, 0.05) is 24.1 Å². The lowest BCUT2D eigenvalue weighted by Gasteiger charge is -2.17. The maximum absolute atomic E-state index is 13.4. The van der Waals surface area contributed by atoms with E-state index in [9.17, 15) is 19.1 Å². The lowest BCUT2D eigenvalue weighted by Crippen LogP contribution is -2.25. The minimum absolute atomic E-state index is 0.0648. The topological polar surface area (TPSA) is 78.6 Å². The molecule has 0 saturated carbocycles. The van der Waals surface area contributed by atoms with Crippen molar-refractivity contribution >= 4 is 23.3 Å². The molecule has 1 aromatic rings. The molecule has 0 bridgehead atoms. The molecule has 0 fully saturated rings. The molecule has 0 radical (unpaired) electrons. The van der Waals surface area contributed by atoms with Crippen molar-refractivity contribution in [1.29, 1.82) is 0 Å². The second-order valence-electron chi connectivity index (χ2n) is 4.89. The Labute approximate surface area is 114 Å². The summed E-state index contributed by atoms with van der Waals surface area (Å²) in [6, 6.07) is 3.30. The highest BCUT2D eigenvalue weighted by atomic mass is 32.2. The molecule has 1 rings (SSSR count). The fourth-order valence-corrected chi connectivity index (χ4v) is 1.72. The number of benzene rings is 1. The average molecular weight is 286 g/mol. The van der Waals surface area contributed by atoms with Crippen LogP contribution in [0.5, 0.6) is 0 Å². The summed E-state index contributed by atoms with van der Waals surface area (Å²) in [5.41, 5.74) is -0.0226. The number of hydrogen-bond acceptors (Lipinski definition) is 4. The molecular weight excluding hydrogens is 271 g/mol. The third-order valence-electron chi connectivity index (χ3n) is 2.25. The lowest BCUT2D eigenvalue weighted by atomic mass is 10.1. The zero-order valence-corrected chi connectivity index (χ0v) is 11.7. The SMILES string of the molecule is CC(C)(C)[S+]([O-])/N=C/Cc1cc([N+](=O)[O-])ccc1F. The van der Waals surface area contributed by atoms with Gasteiger partial charge in [-0.05, 0) is 26.8 Å². The van der Waals surface area contributed by atoms with E-state index in [0.29, 0.717) is 0 Å². The summed E-state index contributed by atoms with van der Waals surface area (Å²) in [6.45, 7) is 5.32. The highest BCUT2D eigenvalue weighted by molar-refractivity contribution is 7.91. The van der Waals surface area contributed by atoms with Crippen LogP contribution in [0, 0.1) is 15.9 Å². The van der Waals surface area contributed by atoms with Crippen LogP contribution < -0.4 is 0 Å². The number of halogens is 1. The predicted molar refractivity (Wildman–Crippen MR) is 73.1 cm³/mol. The van der Waals surface area contributed by atoms with Gasteiger partial charge in [0.15, 0.2) is 0 Å². The molecule has 0 spiro atoms. The van der Waals surface area contributed by atoms with Gasteiger partial charge in [0.05, 0.1) is 11.1 Å². The van der Waals surface area contributed by atoms with E-state index >= 15 is 0 Å². The van der Waals surface area contributed by atoms with E-state index in [1.54, 1.807) is 20.8 Å². The molecule has 0 aliphatic carbocycles. The van der Waals surface area contributed by atoms with Gasteiger partial charge in [0.1, 0.15) is 21.9 Å². The molecule has 0 aliphatic rings. The highest BCUT2D eigenvalue weighted by Crippen LogP contribution is 2.18. The van der Waals surface area contributed by atoms with Crippen molar-refractivity contribution in [2.24, 2.45) is 4.40 Å². The van der Waals surface area contributed by atoms with Crippen LogP contribution in [0.15, 0.2) is 22.6 Å². The van der Waals surface area contributed by atoms with Gasteiger partial charge in [0.25, 0.3) is 5.69 Å². The number of rotatable bonds is 4. The van der Waals surface area contributed by atoms with Crippen LogP contribution in [0.2, 0.25) is 0 Å². The van der Waals surface area contributed by atoms with E-state index in [1.165, 1.54) is 6.21 Å². The fourth-order valence-electron chi connectivity index (χ4n) is 1.19. The second-order valence-corrected chi connectivity index (χ2v) is 6.82. The van der Waals surface area contributed by atoms with Crippen LogP contribution in [0.25, 0.3) is 0 Å². The summed E-state index contributed by atoms with van der Waals surface area (Å²) in [7, 11) is 0. The van der Waals surface area contributed by atoms with Gasteiger partial charge >= 0.3 is 0 Å². The molecule has 1 aromatic carbocycles. The van der Waals surface area contributed by atoms with Crippen LogP contribution in [0.4, 0.5) is 10.1 Å². The van der Waals surface area contributed by atoms with E-state index < -0.39 is 26.8 Å². The number of nitro groups is 1. The number of hydrogen-bond donors (Lipinski definition) is 0. The fraction of sp³-hybridized carbons (Fsp3) is 0.417. The Kier molecular flexibility index (Phi) is 5.02. The summed E-state index contributed by atoms with van der Waals surface area (Å²) in [5, 5.41) is 10.6. The molecule has 1 atom stereocenters. The van der Waals surface area contributed by atoms with E-state index in [-0.39, 0.29) is 17.7 Å². The first kappa shape index (κ1) is 15.6. The van der Waals surface area contributed by atoms with Crippen LogP contribution in [0.3, 0.4) is 0 Å². The predicted octanol–water partition coefficient (Wildman–Crippen LogP) is 2.81. The first-order chi connectivity index (χ1) is 8.71. The molecule has 104 valence electrons. The van der Waals surface area contributed by atoms with Crippen molar-refractivity contribution in [3.8, 4) is 0 Å². The molecule has 0 aromatic heterocycles. The van der Waals surface area contributed by atoms with Gasteiger partial charge in [-0.25, -0.2) is 4.39 Å². The summed E-state index contributed by atoms with van der Waals surface area (Å²) >= 11 is -1.42. The van der Waals surface area contributed by atoms with Crippen molar-refractivity contribution in [2.45, 2.75) is 31.9 Å². The summed E-state index contributed by atoms with van der Waals surface area (Å²) in [6.07, 6.45) is 1.39. The highest BCUT2D eigenvalue weighted by Gasteiger charge is 2.25. The minimum atomic E-state index is -1.42. The number of nitro benzene ring substituents is 1. The monoisotopic (exact) mass is 286 g/mol. The van der Waals surface area contributed by atoms with E-state index in [2.05, 4.69) is 4.40 Å². The van der Waals surface area contributed by atoms with Gasteiger partial charge in [-0.15, -0.1) is 0 Å². The van der Waals surface area contributed by atoms with Gasteiger partial charge in [0.2, 0.25) is 0 Å². The Morgan fingerprint density at radius 2 is 2.11 bits per heavy atom. The lowest BCUT2D eigenvalue weighted by molar-refractivity contribution is -0.385. The Morgan fingerprint density at radius 1 is 1.47 bits per heavy atom. The Hall–Kier alpha value is -1.47. The van der Waals surface area contributed by atoms with Gasteiger partial charge in [-0.3, -0.25) is 10.1 Å². The maximum atomic E-state index is 13.4. The third kappa shape index (κ3) is 4.60. The molecular formula is C12H15FN2O3S. The second kappa shape index (κ2) is 6.12. The van der Waals surface area contributed by atoms with Gasteiger partial charge in [-0.2, -0.15) is 0 Å². The quantitative estimate of drug-likeness (QED) is 0.369. The van der Waals surface area contributed by atoms with Gasteiger partial charge in [-0.1, -0.05) is 4.40 Å². The Balaban J connectivity index is 2.80. The smallest absolute Gasteiger partial charge is 0.269 e. The van der Waals surface area contributed by atoms with Crippen molar-refractivity contribution < 1.29 is 13.9 Å². The van der Waals surface area contributed by atoms with Crippen molar-refractivity contribution in [2.75, 3.05) is 0 Å². The molecule has 7 heteroatoms. The zero-order valence-electron chi connectivity index (χ0n) is 10.9. The van der Waals surface area contributed by atoms with Crippen LogP contribution in [-0.2, 0) is 17.8 Å². The average Bonchev–Trinajstić information content (AvgIpc) is 2.29. The Bertz CT molecular complexity index is 500. The molecule has 0 amide bonds. The maximum Gasteiger partial charge on any atom is 0.269 e.